The van der Waals surface area contributed by atoms with Gasteiger partial charge in [-0.05, 0) is 25.8 Å². The quantitative estimate of drug-likeness (QED) is 0.706. The molecule has 1 aliphatic rings. The second-order valence-corrected chi connectivity index (χ2v) is 4.35. The average Bonchev–Trinajstić information content (AvgIpc) is 2.28. The van der Waals surface area contributed by atoms with Crippen LogP contribution in [0.3, 0.4) is 0 Å². The molecule has 0 aromatic carbocycles. The molecule has 0 amide bonds. The molecule has 0 radical (unpaired) electrons. The van der Waals surface area contributed by atoms with Crippen LogP contribution < -0.4 is 5.32 Å². The number of hydrogen-bond donors (Lipinski definition) is 1. The Kier molecular flexibility index (Phi) is 6.26. The predicted molar refractivity (Wildman–Crippen MR) is 59.0 cm³/mol. The molecule has 1 saturated heterocycles. The molecule has 1 heterocycles. The molecule has 1 nitrogen and oxygen atoms in total. The molecule has 0 spiro atoms. The maximum Gasteiger partial charge on any atom is 0.00670 e. The minimum Gasteiger partial charge on any atom is -0.314 e. The standard InChI is InChI=1S/C12H25N/c1-2-3-9-12-10-7-5-4-6-8-11-13-12/h12-13H,2-11H2,1H3. The fourth-order valence-electron chi connectivity index (χ4n) is 2.15. The summed E-state index contributed by atoms with van der Waals surface area (Å²) in [6.45, 7) is 3.55. The van der Waals surface area contributed by atoms with Gasteiger partial charge in [-0.25, -0.2) is 0 Å². The smallest absolute Gasteiger partial charge is 0.00670 e. The SMILES string of the molecule is CCCCC1CCCCCCCN1. The lowest BCUT2D eigenvalue weighted by molar-refractivity contribution is 0.434. The van der Waals surface area contributed by atoms with E-state index in [1.165, 1.54) is 64.3 Å². The number of rotatable bonds is 3. The summed E-state index contributed by atoms with van der Waals surface area (Å²) in [5, 5.41) is 3.70. The maximum absolute atomic E-state index is 3.70. The number of hydrogen-bond acceptors (Lipinski definition) is 1. The van der Waals surface area contributed by atoms with Gasteiger partial charge < -0.3 is 5.32 Å². The van der Waals surface area contributed by atoms with Crippen molar-refractivity contribution in [3.05, 3.63) is 0 Å². The molecule has 0 aromatic heterocycles. The van der Waals surface area contributed by atoms with Crippen LogP contribution >= 0.6 is 0 Å². The van der Waals surface area contributed by atoms with E-state index in [4.69, 9.17) is 0 Å². The Morgan fingerprint density at radius 1 is 1.08 bits per heavy atom. The van der Waals surface area contributed by atoms with Gasteiger partial charge in [-0.15, -0.1) is 0 Å². The van der Waals surface area contributed by atoms with E-state index in [-0.39, 0.29) is 0 Å². The Bertz CT molecular complexity index is 102. The zero-order valence-corrected chi connectivity index (χ0v) is 9.15. The zero-order valence-electron chi connectivity index (χ0n) is 9.15. The van der Waals surface area contributed by atoms with Crippen molar-refractivity contribution in [2.75, 3.05) is 6.54 Å². The van der Waals surface area contributed by atoms with Gasteiger partial charge in [0, 0.05) is 6.04 Å². The molecule has 0 aromatic rings. The van der Waals surface area contributed by atoms with Crippen molar-refractivity contribution in [1.82, 2.24) is 5.32 Å². The van der Waals surface area contributed by atoms with Gasteiger partial charge >= 0.3 is 0 Å². The largest absolute Gasteiger partial charge is 0.314 e. The van der Waals surface area contributed by atoms with Gasteiger partial charge in [0.2, 0.25) is 0 Å². The fraction of sp³-hybridized carbons (Fsp3) is 1.00. The first-order valence-electron chi connectivity index (χ1n) is 6.17. The van der Waals surface area contributed by atoms with Crippen molar-refractivity contribution >= 4 is 0 Å². The van der Waals surface area contributed by atoms with E-state index < -0.39 is 0 Å². The molecule has 0 saturated carbocycles. The van der Waals surface area contributed by atoms with E-state index in [0.29, 0.717) is 0 Å². The first kappa shape index (κ1) is 11.0. The highest BCUT2D eigenvalue weighted by Crippen LogP contribution is 2.13. The third kappa shape index (κ3) is 5.30. The summed E-state index contributed by atoms with van der Waals surface area (Å²) in [6, 6.07) is 0.832. The van der Waals surface area contributed by atoms with Gasteiger partial charge in [0.25, 0.3) is 0 Å². The highest BCUT2D eigenvalue weighted by Gasteiger charge is 2.08. The summed E-state index contributed by atoms with van der Waals surface area (Å²) in [5.41, 5.74) is 0. The summed E-state index contributed by atoms with van der Waals surface area (Å²) in [4.78, 5) is 0. The molecule has 0 aliphatic carbocycles. The number of nitrogens with one attached hydrogen (secondary N) is 1. The second kappa shape index (κ2) is 7.37. The lowest BCUT2D eigenvalue weighted by Gasteiger charge is -2.16. The third-order valence-corrected chi connectivity index (χ3v) is 3.07. The van der Waals surface area contributed by atoms with Crippen molar-refractivity contribution in [3.63, 3.8) is 0 Å². The molecule has 1 aliphatic heterocycles. The van der Waals surface area contributed by atoms with E-state index in [1.807, 2.05) is 0 Å². The van der Waals surface area contributed by atoms with E-state index in [1.54, 1.807) is 0 Å². The van der Waals surface area contributed by atoms with E-state index in [9.17, 15) is 0 Å². The molecule has 1 N–H and O–H groups in total. The third-order valence-electron chi connectivity index (χ3n) is 3.07. The molecule has 78 valence electrons. The highest BCUT2D eigenvalue weighted by molar-refractivity contribution is 4.68. The topological polar surface area (TPSA) is 12.0 Å². The summed E-state index contributed by atoms with van der Waals surface area (Å²) in [7, 11) is 0. The van der Waals surface area contributed by atoms with Crippen molar-refractivity contribution in [2.45, 2.75) is 70.8 Å². The van der Waals surface area contributed by atoms with Gasteiger partial charge in [-0.3, -0.25) is 0 Å². The minimum atomic E-state index is 0.832. The lowest BCUT2D eigenvalue weighted by Crippen LogP contribution is -2.29. The first-order valence-corrected chi connectivity index (χ1v) is 6.17. The molecule has 0 bridgehead atoms. The molecule has 1 atom stereocenters. The minimum absolute atomic E-state index is 0.832. The fourth-order valence-corrected chi connectivity index (χ4v) is 2.15. The van der Waals surface area contributed by atoms with Crippen molar-refractivity contribution < 1.29 is 0 Å². The first-order chi connectivity index (χ1) is 6.43. The molecule has 1 heteroatoms. The Morgan fingerprint density at radius 3 is 2.69 bits per heavy atom. The molecular weight excluding hydrogens is 158 g/mol. The van der Waals surface area contributed by atoms with Crippen LogP contribution in [-0.2, 0) is 0 Å². The van der Waals surface area contributed by atoms with E-state index in [2.05, 4.69) is 12.2 Å². The summed E-state index contributed by atoms with van der Waals surface area (Å²) in [5.74, 6) is 0. The van der Waals surface area contributed by atoms with Crippen molar-refractivity contribution in [2.24, 2.45) is 0 Å². The van der Waals surface area contributed by atoms with Gasteiger partial charge in [-0.1, -0.05) is 45.4 Å². The van der Waals surface area contributed by atoms with Crippen LogP contribution in [0.4, 0.5) is 0 Å². The second-order valence-electron chi connectivity index (χ2n) is 4.35. The monoisotopic (exact) mass is 183 g/mol. The van der Waals surface area contributed by atoms with Gasteiger partial charge in [0.05, 0.1) is 0 Å². The van der Waals surface area contributed by atoms with Gasteiger partial charge in [0.1, 0.15) is 0 Å². The van der Waals surface area contributed by atoms with Crippen LogP contribution in [0.25, 0.3) is 0 Å². The van der Waals surface area contributed by atoms with Gasteiger partial charge in [-0.2, -0.15) is 0 Å². The Morgan fingerprint density at radius 2 is 1.85 bits per heavy atom. The summed E-state index contributed by atoms with van der Waals surface area (Å²) >= 11 is 0. The lowest BCUT2D eigenvalue weighted by atomic mass is 10.0. The zero-order chi connectivity index (χ0) is 9.36. The normalized spacial score (nSPS) is 26.1. The van der Waals surface area contributed by atoms with Crippen LogP contribution in [-0.4, -0.2) is 12.6 Å². The molecule has 13 heavy (non-hydrogen) atoms. The Balaban J connectivity index is 2.16. The van der Waals surface area contributed by atoms with Crippen molar-refractivity contribution in [3.8, 4) is 0 Å². The molecular formula is C12H25N. The summed E-state index contributed by atoms with van der Waals surface area (Å²) < 4.78 is 0. The molecule has 1 unspecified atom stereocenters. The molecule has 1 fully saturated rings. The van der Waals surface area contributed by atoms with Crippen LogP contribution in [0.2, 0.25) is 0 Å². The van der Waals surface area contributed by atoms with Crippen molar-refractivity contribution in [1.29, 1.82) is 0 Å². The number of unbranched alkanes of at least 4 members (excludes halogenated alkanes) is 1. The van der Waals surface area contributed by atoms with E-state index >= 15 is 0 Å². The van der Waals surface area contributed by atoms with Crippen LogP contribution in [0.15, 0.2) is 0 Å². The summed E-state index contributed by atoms with van der Waals surface area (Å²) in [6.07, 6.45) is 12.8. The van der Waals surface area contributed by atoms with Gasteiger partial charge in [0.15, 0.2) is 0 Å². The van der Waals surface area contributed by atoms with Crippen LogP contribution in [0.1, 0.15) is 64.7 Å². The van der Waals surface area contributed by atoms with Crippen LogP contribution in [0.5, 0.6) is 0 Å². The molecule has 1 rings (SSSR count). The average molecular weight is 183 g/mol. The Labute approximate surface area is 83.3 Å². The maximum atomic E-state index is 3.70. The Hall–Kier alpha value is -0.0400. The van der Waals surface area contributed by atoms with Crippen LogP contribution in [0, 0.1) is 0 Å². The van der Waals surface area contributed by atoms with E-state index in [0.717, 1.165) is 6.04 Å². The predicted octanol–water partition coefficient (Wildman–Crippen LogP) is 3.49. The highest BCUT2D eigenvalue weighted by atomic mass is 14.9.